The van der Waals surface area contributed by atoms with Crippen molar-refractivity contribution in [3.05, 3.63) is 28.8 Å². The Kier molecular flexibility index (Phi) is 4.78. The van der Waals surface area contributed by atoms with E-state index in [9.17, 15) is 9.59 Å². The predicted molar refractivity (Wildman–Crippen MR) is 65.5 cm³/mol. The average molecular weight is 257 g/mol. The first-order chi connectivity index (χ1) is 8.08. The summed E-state index contributed by atoms with van der Waals surface area (Å²) < 4.78 is 4.60. The molecule has 0 saturated carbocycles. The zero-order chi connectivity index (χ0) is 12.8. The van der Waals surface area contributed by atoms with Crippen LogP contribution in [0.25, 0.3) is 0 Å². The number of carbonyl (C=O) groups is 2. The number of benzene rings is 1. The molecule has 1 rings (SSSR count). The molecule has 0 radical (unpaired) electrons. The molecule has 5 nitrogen and oxygen atoms in total. The summed E-state index contributed by atoms with van der Waals surface area (Å²) in [6.45, 7) is 2.29. The quantitative estimate of drug-likeness (QED) is 0.816. The lowest BCUT2D eigenvalue weighted by Gasteiger charge is -2.10. The molecule has 0 unspecified atom stereocenters. The Bertz CT molecular complexity index is 435. The minimum atomic E-state index is -0.556. The van der Waals surface area contributed by atoms with Gasteiger partial charge in [-0.1, -0.05) is 11.6 Å². The number of ether oxygens (including phenoxy) is 1. The van der Waals surface area contributed by atoms with Crippen molar-refractivity contribution in [2.45, 2.75) is 6.92 Å². The fourth-order valence-corrected chi connectivity index (χ4v) is 1.40. The van der Waals surface area contributed by atoms with E-state index in [0.29, 0.717) is 17.3 Å². The van der Waals surface area contributed by atoms with Crippen molar-refractivity contribution in [1.82, 2.24) is 5.32 Å². The van der Waals surface area contributed by atoms with Crippen LogP contribution in [-0.4, -0.2) is 25.7 Å². The first kappa shape index (κ1) is 13.3. The highest BCUT2D eigenvalue weighted by molar-refractivity contribution is 6.31. The van der Waals surface area contributed by atoms with Gasteiger partial charge in [-0.25, -0.2) is 9.59 Å². The standard InChI is InChI=1S/C11H13ClN2O3/c1-3-13-11(16)14-9-5-4-7(12)6-8(9)10(15)17-2/h4-6H,3H2,1-2H3,(H2,13,14,16). The Morgan fingerprint density at radius 3 is 2.71 bits per heavy atom. The normalized spacial score (nSPS) is 9.59. The lowest BCUT2D eigenvalue weighted by atomic mass is 10.2. The number of urea groups is 1. The number of anilines is 1. The summed E-state index contributed by atoms with van der Waals surface area (Å²) in [6.07, 6.45) is 0. The van der Waals surface area contributed by atoms with E-state index >= 15 is 0 Å². The van der Waals surface area contributed by atoms with Gasteiger partial charge in [-0.15, -0.1) is 0 Å². The molecule has 2 amide bonds. The molecule has 0 bridgehead atoms. The third-order valence-corrected chi connectivity index (χ3v) is 2.21. The fraction of sp³-hybridized carbons (Fsp3) is 0.273. The predicted octanol–water partition coefficient (Wildman–Crippen LogP) is 2.27. The number of halogens is 1. The molecule has 0 aliphatic rings. The van der Waals surface area contributed by atoms with Crippen molar-refractivity contribution in [2.24, 2.45) is 0 Å². The van der Waals surface area contributed by atoms with Gasteiger partial charge in [0, 0.05) is 11.6 Å². The third kappa shape index (κ3) is 3.64. The van der Waals surface area contributed by atoms with Gasteiger partial charge in [-0.05, 0) is 25.1 Å². The van der Waals surface area contributed by atoms with Crippen molar-refractivity contribution in [2.75, 3.05) is 19.0 Å². The summed E-state index contributed by atoms with van der Waals surface area (Å²) in [7, 11) is 1.26. The van der Waals surface area contributed by atoms with Gasteiger partial charge in [0.25, 0.3) is 0 Å². The van der Waals surface area contributed by atoms with Gasteiger partial charge in [0.15, 0.2) is 0 Å². The van der Waals surface area contributed by atoms with E-state index in [2.05, 4.69) is 15.4 Å². The van der Waals surface area contributed by atoms with Crippen LogP contribution in [0.5, 0.6) is 0 Å². The second kappa shape index (κ2) is 6.10. The van der Waals surface area contributed by atoms with E-state index in [1.165, 1.54) is 13.2 Å². The molecule has 1 aromatic rings. The van der Waals surface area contributed by atoms with Crippen LogP contribution in [0, 0.1) is 0 Å². The number of carbonyl (C=O) groups excluding carboxylic acids is 2. The summed E-state index contributed by atoms with van der Waals surface area (Å²) in [5, 5.41) is 5.50. The zero-order valence-electron chi connectivity index (χ0n) is 9.54. The lowest BCUT2D eigenvalue weighted by Crippen LogP contribution is -2.29. The maximum Gasteiger partial charge on any atom is 0.340 e. The molecule has 2 N–H and O–H groups in total. The molecule has 0 aromatic heterocycles. The minimum absolute atomic E-state index is 0.214. The molecule has 0 atom stereocenters. The number of hydrogen-bond acceptors (Lipinski definition) is 3. The fourth-order valence-electron chi connectivity index (χ4n) is 1.23. The lowest BCUT2D eigenvalue weighted by molar-refractivity contribution is 0.0602. The molecule has 0 aliphatic heterocycles. The van der Waals surface area contributed by atoms with Crippen LogP contribution in [0.1, 0.15) is 17.3 Å². The van der Waals surface area contributed by atoms with Crippen molar-refractivity contribution >= 4 is 29.3 Å². The van der Waals surface area contributed by atoms with Gasteiger partial charge in [-0.3, -0.25) is 0 Å². The second-order valence-electron chi connectivity index (χ2n) is 3.17. The molecular formula is C11H13ClN2O3. The largest absolute Gasteiger partial charge is 0.465 e. The second-order valence-corrected chi connectivity index (χ2v) is 3.60. The Labute approximate surface area is 104 Å². The summed E-state index contributed by atoms with van der Waals surface area (Å²) in [6, 6.07) is 4.17. The molecule has 0 spiro atoms. The highest BCUT2D eigenvalue weighted by Crippen LogP contribution is 2.21. The van der Waals surface area contributed by atoms with Crippen molar-refractivity contribution < 1.29 is 14.3 Å². The van der Waals surface area contributed by atoms with Crippen molar-refractivity contribution in [3.8, 4) is 0 Å². The number of methoxy groups -OCH3 is 1. The Morgan fingerprint density at radius 2 is 2.12 bits per heavy atom. The van der Waals surface area contributed by atoms with Crippen LogP contribution in [-0.2, 0) is 4.74 Å². The Balaban J connectivity index is 2.98. The monoisotopic (exact) mass is 256 g/mol. The van der Waals surface area contributed by atoms with E-state index in [1.807, 2.05) is 0 Å². The van der Waals surface area contributed by atoms with Crippen LogP contribution >= 0.6 is 11.6 Å². The van der Waals surface area contributed by atoms with E-state index in [4.69, 9.17) is 11.6 Å². The summed E-state index contributed by atoms with van der Waals surface area (Å²) in [5.41, 5.74) is 0.568. The van der Waals surface area contributed by atoms with Gasteiger partial charge < -0.3 is 15.4 Å². The summed E-state index contributed by atoms with van der Waals surface area (Å²) in [4.78, 5) is 22.8. The molecule has 6 heteroatoms. The van der Waals surface area contributed by atoms with Crippen molar-refractivity contribution in [3.63, 3.8) is 0 Å². The average Bonchev–Trinajstić information content (AvgIpc) is 2.30. The summed E-state index contributed by atoms with van der Waals surface area (Å²) in [5.74, 6) is -0.556. The smallest absolute Gasteiger partial charge is 0.340 e. The highest BCUT2D eigenvalue weighted by Gasteiger charge is 2.14. The van der Waals surface area contributed by atoms with Crippen LogP contribution in [0.4, 0.5) is 10.5 Å². The first-order valence-corrected chi connectivity index (χ1v) is 5.39. The molecular weight excluding hydrogens is 244 g/mol. The highest BCUT2D eigenvalue weighted by atomic mass is 35.5. The third-order valence-electron chi connectivity index (χ3n) is 1.97. The first-order valence-electron chi connectivity index (χ1n) is 5.01. The van der Waals surface area contributed by atoms with Crippen LogP contribution < -0.4 is 10.6 Å². The number of hydrogen-bond donors (Lipinski definition) is 2. The number of esters is 1. The maximum atomic E-state index is 11.5. The van der Waals surface area contributed by atoms with Gasteiger partial charge in [0.05, 0.1) is 18.4 Å². The van der Waals surface area contributed by atoms with Crippen LogP contribution in [0.3, 0.4) is 0 Å². The minimum Gasteiger partial charge on any atom is -0.465 e. The van der Waals surface area contributed by atoms with Gasteiger partial charge in [-0.2, -0.15) is 0 Å². The molecule has 17 heavy (non-hydrogen) atoms. The molecule has 0 fully saturated rings. The van der Waals surface area contributed by atoms with Gasteiger partial charge in [0.1, 0.15) is 0 Å². The van der Waals surface area contributed by atoms with E-state index < -0.39 is 5.97 Å². The number of rotatable bonds is 3. The van der Waals surface area contributed by atoms with Gasteiger partial charge >= 0.3 is 12.0 Å². The molecule has 92 valence electrons. The molecule has 1 aromatic carbocycles. The number of amides is 2. The maximum absolute atomic E-state index is 11.5. The molecule has 0 heterocycles. The SMILES string of the molecule is CCNC(=O)Nc1ccc(Cl)cc1C(=O)OC. The topological polar surface area (TPSA) is 67.4 Å². The zero-order valence-corrected chi connectivity index (χ0v) is 10.3. The van der Waals surface area contributed by atoms with Crippen molar-refractivity contribution in [1.29, 1.82) is 0 Å². The Hall–Kier alpha value is -1.75. The Morgan fingerprint density at radius 1 is 1.41 bits per heavy atom. The van der Waals surface area contributed by atoms with Crippen LogP contribution in [0.2, 0.25) is 5.02 Å². The molecule has 0 saturated heterocycles. The van der Waals surface area contributed by atoms with E-state index in [0.717, 1.165) is 0 Å². The number of nitrogens with one attached hydrogen (secondary N) is 2. The summed E-state index contributed by atoms with van der Waals surface area (Å²) >= 11 is 5.78. The van der Waals surface area contributed by atoms with E-state index in [-0.39, 0.29) is 11.6 Å². The molecule has 0 aliphatic carbocycles. The van der Waals surface area contributed by atoms with Gasteiger partial charge in [0.2, 0.25) is 0 Å². The van der Waals surface area contributed by atoms with E-state index in [1.54, 1.807) is 19.1 Å². The van der Waals surface area contributed by atoms with Crippen LogP contribution in [0.15, 0.2) is 18.2 Å².